The number of anilines is 1. The average Bonchev–Trinajstić information content (AvgIpc) is 2.21. The van der Waals surface area contributed by atoms with Crippen molar-refractivity contribution in [1.82, 2.24) is 9.97 Å². The van der Waals surface area contributed by atoms with E-state index in [0.717, 1.165) is 0 Å². The van der Waals surface area contributed by atoms with Crippen LogP contribution in [-0.2, 0) is 6.42 Å². The van der Waals surface area contributed by atoms with Crippen molar-refractivity contribution in [2.75, 3.05) is 11.2 Å². The predicted octanol–water partition coefficient (Wildman–Crippen LogP) is 2.22. The van der Waals surface area contributed by atoms with E-state index in [9.17, 15) is 4.39 Å². The average molecular weight is 218 g/mol. The third-order valence-corrected chi connectivity index (χ3v) is 2.27. The van der Waals surface area contributed by atoms with E-state index in [1.807, 2.05) is 13.8 Å². The van der Waals surface area contributed by atoms with Gasteiger partial charge in [0.1, 0.15) is 6.33 Å². The molecular weight excluding hydrogens is 205 g/mol. The van der Waals surface area contributed by atoms with Crippen LogP contribution in [-0.4, -0.2) is 21.9 Å². The van der Waals surface area contributed by atoms with E-state index in [1.165, 1.54) is 6.33 Å². The van der Waals surface area contributed by atoms with E-state index in [2.05, 4.69) is 15.3 Å². The molecule has 0 amide bonds. The highest BCUT2D eigenvalue weighted by Gasteiger charge is 2.10. The van der Waals surface area contributed by atoms with Gasteiger partial charge in [-0.15, -0.1) is 11.6 Å². The van der Waals surface area contributed by atoms with Crippen molar-refractivity contribution in [2.45, 2.75) is 26.3 Å². The molecule has 0 saturated carbocycles. The molecule has 0 aliphatic rings. The molecule has 3 nitrogen and oxygen atoms in total. The minimum atomic E-state index is -0.382. The van der Waals surface area contributed by atoms with E-state index < -0.39 is 0 Å². The number of aromatic nitrogens is 2. The molecule has 0 saturated heterocycles. The van der Waals surface area contributed by atoms with Crippen LogP contribution >= 0.6 is 11.6 Å². The van der Waals surface area contributed by atoms with Crippen LogP contribution < -0.4 is 5.32 Å². The van der Waals surface area contributed by atoms with E-state index in [0.29, 0.717) is 18.0 Å². The van der Waals surface area contributed by atoms with Crippen LogP contribution in [0.15, 0.2) is 6.33 Å². The van der Waals surface area contributed by atoms with Gasteiger partial charge in [0, 0.05) is 11.9 Å². The second kappa shape index (κ2) is 5.10. The van der Waals surface area contributed by atoms with E-state index >= 15 is 0 Å². The van der Waals surface area contributed by atoms with Crippen molar-refractivity contribution in [3.63, 3.8) is 0 Å². The molecule has 0 fully saturated rings. The summed E-state index contributed by atoms with van der Waals surface area (Å²) in [5.41, 5.74) is 0.421. The first kappa shape index (κ1) is 11.2. The Balaban J connectivity index is 2.86. The quantitative estimate of drug-likeness (QED) is 0.786. The Bertz CT molecular complexity index is 306. The SMILES string of the molecule is CCc1ncnc(NC(C)CCl)c1F. The van der Waals surface area contributed by atoms with Crippen molar-refractivity contribution in [3.8, 4) is 0 Å². The van der Waals surface area contributed by atoms with Crippen LogP contribution in [0.1, 0.15) is 19.5 Å². The Morgan fingerprint density at radius 1 is 1.57 bits per heavy atom. The molecule has 1 N–H and O–H groups in total. The molecule has 1 aromatic heterocycles. The molecule has 1 aromatic rings. The monoisotopic (exact) mass is 217 g/mol. The van der Waals surface area contributed by atoms with Crippen LogP contribution in [0.25, 0.3) is 0 Å². The summed E-state index contributed by atoms with van der Waals surface area (Å²) < 4.78 is 13.5. The Morgan fingerprint density at radius 3 is 2.86 bits per heavy atom. The number of hydrogen-bond acceptors (Lipinski definition) is 3. The van der Waals surface area contributed by atoms with Crippen LogP contribution in [0, 0.1) is 5.82 Å². The summed E-state index contributed by atoms with van der Waals surface area (Å²) in [7, 11) is 0. The third kappa shape index (κ3) is 2.54. The van der Waals surface area contributed by atoms with E-state index in [-0.39, 0.29) is 17.7 Å². The molecule has 14 heavy (non-hydrogen) atoms. The molecule has 1 atom stereocenters. The number of nitrogens with zero attached hydrogens (tertiary/aromatic N) is 2. The fourth-order valence-electron chi connectivity index (χ4n) is 1.03. The fourth-order valence-corrected chi connectivity index (χ4v) is 1.10. The summed E-state index contributed by atoms with van der Waals surface area (Å²) in [5.74, 6) is 0.252. The maximum Gasteiger partial charge on any atom is 0.186 e. The van der Waals surface area contributed by atoms with Crippen molar-refractivity contribution >= 4 is 17.4 Å². The molecule has 1 rings (SSSR count). The lowest BCUT2D eigenvalue weighted by atomic mass is 10.3. The second-order valence-electron chi connectivity index (χ2n) is 3.04. The fraction of sp³-hybridized carbons (Fsp3) is 0.556. The Hall–Kier alpha value is -0.900. The van der Waals surface area contributed by atoms with Gasteiger partial charge in [-0.3, -0.25) is 0 Å². The zero-order valence-corrected chi connectivity index (χ0v) is 8.98. The lowest BCUT2D eigenvalue weighted by molar-refractivity contribution is 0.594. The highest BCUT2D eigenvalue weighted by Crippen LogP contribution is 2.14. The summed E-state index contributed by atoms with van der Waals surface area (Å²) in [5, 5.41) is 2.88. The smallest absolute Gasteiger partial charge is 0.186 e. The Labute approximate surface area is 87.7 Å². The molecule has 1 heterocycles. The van der Waals surface area contributed by atoms with Gasteiger partial charge in [-0.1, -0.05) is 6.92 Å². The molecule has 78 valence electrons. The maximum absolute atomic E-state index is 13.5. The first-order valence-electron chi connectivity index (χ1n) is 4.50. The van der Waals surface area contributed by atoms with Crippen LogP contribution in [0.5, 0.6) is 0 Å². The van der Waals surface area contributed by atoms with Crippen molar-refractivity contribution in [2.24, 2.45) is 0 Å². The van der Waals surface area contributed by atoms with Gasteiger partial charge in [-0.05, 0) is 13.3 Å². The topological polar surface area (TPSA) is 37.8 Å². The maximum atomic E-state index is 13.5. The lowest BCUT2D eigenvalue weighted by Gasteiger charge is -2.12. The largest absolute Gasteiger partial charge is 0.364 e. The van der Waals surface area contributed by atoms with Crippen molar-refractivity contribution in [3.05, 3.63) is 17.8 Å². The van der Waals surface area contributed by atoms with Crippen molar-refractivity contribution < 1.29 is 4.39 Å². The summed E-state index contributed by atoms with van der Waals surface area (Å²) in [6, 6.07) is -0.00854. The van der Waals surface area contributed by atoms with Gasteiger partial charge >= 0.3 is 0 Å². The highest BCUT2D eigenvalue weighted by atomic mass is 35.5. The first-order valence-corrected chi connectivity index (χ1v) is 5.04. The molecule has 0 bridgehead atoms. The van der Waals surface area contributed by atoms with Gasteiger partial charge in [0.05, 0.1) is 5.69 Å². The minimum absolute atomic E-state index is 0.00854. The molecular formula is C9H13ClFN3. The normalized spacial score (nSPS) is 12.6. The van der Waals surface area contributed by atoms with E-state index in [1.54, 1.807) is 0 Å². The minimum Gasteiger partial charge on any atom is -0.364 e. The lowest BCUT2D eigenvalue weighted by Crippen LogP contribution is -2.19. The van der Waals surface area contributed by atoms with Gasteiger partial charge in [-0.2, -0.15) is 0 Å². The van der Waals surface area contributed by atoms with Crippen LogP contribution in [0.4, 0.5) is 10.2 Å². The number of rotatable bonds is 4. The Kier molecular flexibility index (Phi) is 4.07. The number of nitrogens with one attached hydrogen (secondary N) is 1. The molecule has 0 aromatic carbocycles. The molecule has 1 unspecified atom stereocenters. The summed E-state index contributed by atoms with van der Waals surface area (Å²) >= 11 is 5.60. The number of halogens is 2. The van der Waals surface area contributed by atoms with Gasteiger partial charge in [0.2, 0.25) is 0 Å². The van der Waals surface area contributed by atoms with Gasteiger partial charge < -0.3 is 5.32 Å². The van der Waals surface area contributed by atoms with Crippen LogP contribution in [0.3, 0.4) is 0 Å². The standard InChI is InChI=1S/C9H13ClFN3/c1-3-7-8(11)9(13-5-12-7)14-6(2)4-10/h5-6H,3-4H2,1-2H3,(H,12,13,14). The van der Waals surface area contributed by atoms with Gasteiger partial charge in [-0.25, -0.2) is 14.4 Å². The number of aryl methyl sites for hydroxylation is 1. The first-order chi connectivity index (χ1) is 6.69. The number of hydrogen-bond donors (Lipinski definition) is 1. The predicted molar refractivity (Wildman–Crippen MR) is 55.2 cm³/mol. The van der Waals surface area contributed by atoms with Crippen LogP contribution in [0.2, 0.25) is 0 Å². The summed E-state index contributed by atoms with van der Waals surface area (Å²) in [6.45, 7) is 3.71. The second-order valence-corrected chi connectivity index (χ2v) is 3.34. The van der Waals surface area contributed by atoms with Gasteiger partial charge in [0.15, 0.2) is 11.6 Å². The molecule has 0 aliphatic carbocycles. The molecule has 5 heteroatoms. The van der Waals surface area contributed by atoms with Gasteiger partial charge in [0.25, 0.3) is 0 Å². The Morgan fingerprint density at radius 2 is 2.29 bits per heavy atom. The highest BCUT2D eigenvalue weighted by molar-refractivity contribution is 6.18. The molecule has 0 aliphatic heterocycles. The molecule has 0 spiro atoms. The summed E-state index contributed by atoms with van der Waals surface area (Å²) in [6.07, 6.45) is 1.91. The summed E-state index contributed by atoms with van der Waals surface area (Å²) in [4.78, 5) is 7.65. The number of alkyl halides is 1. The third-order valence-electron chi connectivity index (χ3n) is 1.81. The van der Waals surface area contributed by atoms with E-state index in [4.69, 9.17) is 11.6 Å². The zero-order chi connectivity index (χ0) is 10.6. The van der Waals surface area contributed by atoms with Crippen molar-refractivity contribution in [1.29, 1.82) is 0 Å². The molecule has 0 radical (unpaired) electrons. The zero-order valence-electron chi connectivity index (χ0n) is 8.22.